The van der Waals surface area contributed by atoms with E-state index in [-0.39, 0.29) is 62.1 Å². The summed E-state index contributed by atoms with van der Waals surface area (Å²) in [5.41, 5.74) is 3.81. The molecular weight excluding hydrogens is 857 g/mol. The third kappa shape index (κ3) is 11.8. The van der Waals surface area contributed by atoms with Crippen LogP contribution in [-0.4, -0.2) is 88.8 Å². The topological polar surface area (TPSA) is 192 Å². The van der Waals surface area contributed by atoms with Gasteiger partial charge in [-0.2, -0.15) is 0 Å². The number of allylic oxidation sites excluding steroid dienone is 1. The predicted octanol–water partition coefficient (Wildman–Crippen LogP) is 9.00. The van der Waals surface area contributed by atoms with Crippen LogP contribution in [0, 0.1) is 27.9 Å². The van der Waals surface area contributed by atoms with Gasteiger partial charge in [0.15, 0.2) is 0 Å². The highest BCUT2D eigenvalue weighted by molar-refractivity contribution is 6.03. The molecule has 3 N–H and O–H groups in total. The molecular formula is C52H64N4O11. The average molecular weight is 921 g/mol. The number of nitrogens with zero attached hydrogens (tertiary/aromatic N) is 3. The second-order valence-electron chi connectivity index (χ2n) is 17.6. The second-order valence-corrected chi connectivity index (χ2v) is 17.6. The summed E-state index contributed by atoms with van der Waals surface area (Å²) in [5.74, 6) is -1.93. The number of ether oxygens (including phenoxy) is 4. The first-order chi connectivity index (χ1) is 32.7. The third-order valence-electron chi connectivity index (χ3n) is 13.2. The number of nitrogens with one attached hydrogen (secondary N) is 1. The van der Waals surface area contributed by atoms with E-state index in [2.05, 4.69) is 18.0 Å². The molecule has 2 heterocycles. The Morgan fingerprint density at radius 3 is 2.51 bits per heavy atom. The van der Waals surface area contributed by atoms with Crippen molar-refractivity contribution in [3.63, 3.8) is 0 Å². The van der Waals surface area contributed by atoms with Crippen LogP contribution in [0.4, 0.5) is 10.5 Å². The van der Waals surface area contributed by atoms with Gasteiger partial charge in [0, 0.05) is 68.8 Å². The van der Waals surface area contributed by atoms with E-state index in [1.807, 2.05) is 43.3 Å². The smallest absolute Gasteiger partial charge is 0.412 e. The van der Waals surface area contributed by atoms with Crippen LogP contribution in [0.3, 0.4) is 0 Å². The van der Waals surface area contributed by atoms with E-state index in [4.69, 9.17) is 28.9 Å². The molecule has 7 atom stereocenters. The van der Waals surface area contributed by atoms with Crippen LogP contribution in [-0.2, 0) is 25.7 Å². The van der Waals surface area contributed by atoms with Crippen LogP contribution < -0.4 is 14.8 Å². The summed E-state index contributed by atoms with van der Waals surface area (Å²) < 4.78 is 26.3. The van der Waals surface area contributed by atoms with E-state index in [9.17, 15) is 29.9 Å². The molecule has 3 aromatic rings. The Balaban J connectivity index is 1.37. The summed E-state index contributed by atoms with van der Waals surface area (Å²) in [6.45, 7) is 7.39. The van der Waals surface area contributed by atoms with Crippen LogP contribution in [0.25, 0.3) is 6.08 Å². The largest absolute Gasteiger partial charge is 0.459 e. The van der Waals surface area contributed by atoms with Crippen molar-refractivity contribution in [3.05, 3.63) is 130 Å². The van der Waals surface area contributed by atoms with Crippen molar-refractivity contribution < 1.29 is 48.5 Å². The number of unbranched alkanes of at least 4 members (excludes halogenated alkanes) is 2. The normalized spacial score (nSPS) is 24.7. The van der Waals surface area contributed by atoms with E-state index in [0.29, 0.717) is 61.6 Å². The number of fused-ring (bicyclic) bond motifs is 2. The van der Waals surface area contributed by atoms with Gasteiger partial charge in [0.05, 0.1) is 29.8 Å². The van der Waals surface area contributed by atoms with E-state index in [1.54, 1.807) is 41.3 Å². The highest BCUT2D eigenvalue weighted by atomic mass is 16.8. The molecule has 3 aromatic carbocycles. The Hall–Kier alpha value is -5.87. The summed E-state index contributed by atoms with van der Waals surface area (Å²) in [5, 5.41) is 39.1. The fraction of sp³-hybridized carbons (Fsp3) is 0.481. The first-order valence-corrected chi connectivity index (χ1v) is 23.8. The molecule has 0 spiro atoms. The maximum Gasteiger partial charge on any atom is 0.412 e. The molecule has 2 aliphatic heterocycles. The highest BCUT2D eigenvalue weighted by Crippen LogP contribution is 2.62. The number of oxime groups is 1. The van der Waals surface area contributed by atoms with Crippen molar-refractivity contribution in [2.75, 3.05) is 33.0 Å². The molecule has 15 heteroatoms. The minimum atomic E-state index is -1.50. The van der Waals surface area contributed by atoms with Gasteiger partial charge in [-0.1, -0.05) is 67.4 Å². The SMILES string of the molecule is C=CCO[C@@]12Oc3ccc(OC(=O)NCc4ccccc4)cc3[C@H]3[C@H](CCCCO)[C@@H](CCCCO)C=C(C(=NOC4CCCCO4)C[C@@H]1N(CCC)C(=O)C=Cc1ccc([N+](=O)[O-])cc1)[C@H]32. The van der Waals surface area contributed by atoms with Gasteiger partial charge >= 0.3 is 6.09 Å². The third-order valence-corrected chi connectivity index (χ3v) is 13.2. The number of aliphatic hydroxyl groups is 2. The van der Waals surface area contributed by atoms with E-state index >= 15 is 0 Å². The molecule has 0 bridgehead atoms. The van der Waals surface area contributed by atoms with Gasteiger partial charge in [-0.05, 0) is 110 Å². The molecule has 2 aliphatic carbocycles. The second kappa shape index (κ2) is 23.7. The number of amides is 2. The molecule has 15 nitrogen and oxygen atoms in total. The van der Waals surface area contributed by atoms with Crippen molar-refractivity contribution in [2.24, 2.45) is 22.9 Å². The molecule has 7 rings (SSSR count). The van der Waals surface area contributed by atoms with Crippen molar-refractivity contribution >= 4 is 29.5 Å². The number of nitro groups is 1. The Bertz CT molecular complexity index is 2240. The number of aliphatic hydroxyl groups excluding tert-OH is 2. The van der Waals surface area contributed by atoms with Crippen molar-refractivity contribution in [2.45, 2.75) is 108 Å². The van der Waals surface area contributed by atoms with Gasteiger partial charge in [-0.3, -0.25) is 14.9 Å². The molecule has 1 saturated heterocycles. The molecule has 2 fully saturated rings. The quantitative estimate of drug-likeness (QED) is 0.0287. The molecule has 1 unspecified atom stereocenters. The lowest BCUT2D eigenvalue weighted by molar-refractivity contribution is -0.384. The standard InChI is InChI=1S/C52H64N4O11/c1-3-27-55(47(59)26-21-36-19-22-39(23-20-36)56(61)62)46-34-44(54-67-48-18-10-13-31-63-48)42-32-38(16-8-11-28-57)41(17-9-12-29-58)49-43-33-40(65-51(60)53-35-37-14-6-5-7-15-37)24-25-45(43)66-52(46,50(42)49)64-30-4-2/h4-7,14-15,19-26,32-33,38,41,46,48-50,57-58H,2-3,8-13,16-18,27-31,34-35H2,1H3,(H,53,60)/t38-,41+,46-,48?,49+,50+,52+/m0/s1. The van der Waals surface area contributed by atoms with Crippen LogP contribution in [0.1, 0.15) is 100 Å². The van der Waals surface area contributed by atoms with Crippen LogP contribution in [0.5, 0.6) is 11.5 Å². The predicted molar refractivity (Wildman–Crippen MR) is 253 cm³/mol. The number of hydrogen-bond acceptors (Lipinski definition) is 12. The van der Waals surface area contributed by atoms with E-state index < -0.39 is 35.1 Å². The summed E-state index contributed by atoms with van der Waals surface area (Å²) in [7, 11) is 0. The molecule has 2 amide bonds. The van der Waals surface area contributed by atoms with E-state index in [1.165, 1.54) is 18.2 Å². The number of non-ortho nitro benzene ring substituents is 1. The summed E-state index contributed by atoms with van der Waals surface area (Å²) >= 11 is 0. The zero-order valence-electron chi connectivity index (χ0n) is 38.3. The number of nitro benzene ring substituents is 1. The first kappa shape index (κ1) is 49.0. The molecule has 4 aliphatic rings. The number of carbonyl (C=O) groups excluding carboxylic acids is 2. The first-order valence-electron chi connectivity index (χ1n) is 23.8. The van der Waals surface area contributed by atoms with Crippen molar-refractivity contribution in [3.8, 4) is 11.5 Å². The highest BCUT2D eigenvalue weighted by Gasteiger charge is 2.65. The monoisotopic (exact) mass is 920 g/mol. The number of hydrogen-bond donors (Lipinski definition) is 3. The van der Waals surface area contributed by atoms with Gasteiger partial charge < -0.3 is 44.2 Å². The summed E-state index contributed by atoms with van der Waals surface area (Å²) in [6, 6.07) is 20.2. The lowest BCUT2D eigenvalue weighted by atomic mass is 9.55. The lowest BCUT2D eigenvalue weighted by Crippen LogP contribution is -2.70. The average Bonchev–Trinajstić information content (AvgIpc) is 3.35. The van der Waals surface area contributed by atoms with Crippen molar-refractivity contribution in [1.82, 2.24) is 10.2 Å². The molecule has 1 saturated carbocycles. The Kier molecular flexibility index (Phi) is 17.4. The maximum atomic E-state index is 14.8. The molecule has 0 aromatic heterocycles. The molecule has 67 heavy (non-hydrogen) atoms. The van der Waals surface area contributed by atoms with Crippen LogP contribution >= 0.6 is 0 Å². The van der Waals surface area contributed by atoms with Gasteiger partial charge in [-0.15, -0.1) is 6.58 Å². The van der Waals surface area contributed by atoms with Crippen LogP contribution in [0.2, 0.25) is 0 Å². The van der Waals surface area contributed by atoms with Gasteiger partial charge in [0.2, 0.25) is 18.0 Å². The minimum absolute atomic E-state index is 0.00557. The van der Waals surface area contributed by atoms with Crippen molar-refractivity contribution in [1.29, 1.82) is 0 Å². The number of benzene rings is 3. The molecule has 0 radical (unpaired) electrons. The van der Waals surface area contributed by atoms with E-state index in [0.717, 1.165) is 55.2 Å². The zero-order valence-corrected chi connectivity index (χ0v) is 38.3. The fourth-order valence-corrected chi connectivity index (χ4v) is 10.2. The molecule has 358 valence electrons. The number of rotatable bonds is 22. The maximum absolute atomic E-state index is 14.8. The number of carbonyl (C=O) groups is 2. The van der Waals surface area contributed by atoms with Gasteiger partial charge in [0.25, 0.3) is 5.69 Å². The minimum Gasteiger partial charge on any atom is -0.459 e. The summed E-state index contributed by atoms with van der Waals surface area (Å²) in [4.78, 5) is 47.0. The lowest BCUT2D eigenvalue weighted by Gasteiger charge is -2.60. The van der Waals surface area contributed by atoms with Gasteiger partial charge in [0.1, 0.15) is 17.5 Å². The Morgan fingerprint density at radius 2 is 1.81 bits per heavy atom. The van der Waals surface area contributed by atoms with Gasteiger partial charge in [-0.25, -0.2) is 4.79 Å². The van der Waals surface area contributed by atoms with Crippen LogP contribution in [0.15, 0.2) is 108 Å². The fourth-order valence-electron chi connectivity index (χ4n) is 10.2. The summed E-state index contributed by atoms with van der Waals surface area (Å²) in [6.07, 6.45) is 13.5. The Labute approximate surface area is 392 Å². The zero-order chi connectivity index (χ0) is 47.2. The Morgan fingerprint density at radius 1 is 1.03 bits per heavy atom.